The molecule has 0 N–H and O–H groups in total. The van der Waals surface area contributed by atoms with Gasteiger partial charge in [0.05, 0.1) is 0 Å². The van der Waals surface area contributed by atoms with Gasteiger partial charge < -0.3 is 9.15 Å². The minimum Gasteiger partial charge on any atom is -0.484 e. The number of nitrogens with zero attached hydrogens (tertiary/aromatic N) is 2. The summed E-state index contributed by atoms with van der Waals surface area (Å²) in [6.45, 7) is 4.42. The highest BCUT2D eigenvalue weighted by molar-refractivity contribution is 5.71. The smallest absolute Gasteiger partial charge is 0.247 e. The molecule has 0 unspecified atom stereocenters. The van der Waals surface area contributed by atoms with Gasteiger partial charge in [-0.2, -0.15) is 0 Å². The Labute approximate surface area is 117 Å². The second-order valence-electron chi connectivity index (χ2n) is 4.68. The van der Waals surface area contributed by atoms with Gasteiger partial charge in [0.15, 0.2) is 6.61 Å². The average Bonchev–Trinajstić information content (AvgIpc) is 2.90. The number of aryl methyl sites for hydroxylation is 2. The summed E-state index contributed by atoms with van der Waals surface area (Å²) in [6.07, 6.45) is 2.71. The second-order valence-corrected chi connectivity index (χ2v) is 4.68. The SMILES string of the molecule is CCc1cccc(OCc2nc3c(C)ccnc3o2)c1. The fraction of sp³-hybridized carbons (Fsp3) is 0.250. The summed E-state index contributed by atoms with van der Waals surface area (Å²) in [7, 11) is 0. The Morgan fingerprint density at radius 3 is 2.95 bits per heavy atom. The minimum absolute atomic E-state index is 0.308. The lowest BCUT2D eigenvalue weighted by Gasteiger charge is -2.04. The molecule has 0 spiro atoms. The lowest BCUT2D eigenvalue weighted by molar-refractivity contribution is 0.266. The first-order valence-electron chi connectivity index (χ1n) is 6.69. The topological polar surface area (TPSA) is 48.2 Å². The van der Waals surface area contributed by atoms with E-state index in [9.17, 15) is 0 Å². The van der Waals surface area contributed by atoms with Crippen LogP contribution in [0, 0.1) is 6.92 Å². The van der Waals surface area contributed by atoms with Crippen molar-refractivity contribution in [1.29, 1.82) is 0 Å². The maximum absolute atomic E-state index is 5.72. The standard InChI is InChI=1S/C16H16N2O2/c1-3-12-5-4-6-13(9-12)19-10-14-18-15-11(2)7-8-17-16(15)20-14/h4-9H,3,10H2,1-2H3. The van der Waals surface area contributed by atoms with E-state index in [1.165, 1.54) is 5.56 Å². The van der Waals surface area contributed by atoms with Gasteiger partial charge in [-0.1, -0.05) is 19.1 Å². The molecule has 0 radical (unpaired) electrons. The van der Waals surface area contributed by atoms with E-state index in [4.69, 9.17) is 9.15 Å². The van der Waals surface area contributed by atoms with E-state index < -0.39 is 0 Å². The Kier molecular flexibility index (Phi) is 3.37. The number of rotatable bonds is 4. The quantitative estimate of drug-likeness (QED) is 0.724. The van der Waals surface area contributed by atoms with Gasteiger partial charge in [-0.3, -0.25) is 0 Å². The summed E-state index contributed by atoms with van der Waals surface area (Å²) in [4.78, 5) is 8.58. The minimum atomic E-state index is 0.308. The van der Waals surface area contributed by atoms with Crippen LogP contribution in [0.4, 0.5) is 0 Å². The molecular weight excluding hydrogens is 252 g/mol. The van der Waals surface area contributed by atoms with Crippen LogP contribution in [0.3, 0.4) is 0 Å². The van der Waals surface area contributed by atoms with Gasteiger partial charge in [-0.25, -0.2) is 9.97 Å². The number of ether oxygens (including phenoxy) is 1. The van der Waals surface area contributed by atoms with Crippen molar-refractivity contribution >= 4 is 11.2 Å². The summed E-state index contributed by atoms with van der Waals surface area (Å²) >= 11 is 0. The van der Waals surface area contributed by atoms with Crippen LogP contribution in [0.2, 0.25) is 0 Å². The van der Waals surface area contributed by atoms with Crippen molar-refractivity contribution in [3.8, 4) is 5.75 Å². The van der Waals surface area contributed by atoms with Crippen molar-refractivity contribution < 1.29 is 9.15 Å². The number of fused-ring (bicyclic) bond motifs is 1. The molecule has 0 aliphatic carbocycles. The number of pyridine rings is 1. The zero-order valence-corrected chi connectivity index (χ0v) is 11.6. The molecule has 20 heavy (non-hydrogen) atoms. The van der Waals surface area contributed by atoms with Gasteiger partial charge in [0.1, 0.15) is 11.3 Å². The van der Waals surface area contributed by atoms with E-state index >= 15 is 0 Å². The highest BCUT2D eigenvalue weighted by Gasteiger charge is 2.09. The molecule has 2 aromatic heterocycles. The third-order valence-electron chi connectivity index (χ3n) is 3.21. The van der Waals surface area contributed by atoms with Gasteiger partial charge in [-0.05, 0) is 42.7 Å². The van der Waals surface area contributed by atoms with Crippen LogP contribution in [0.5, 0.6) is 5.75 Å². The summed E-state index contributed by atoms with van der Waals surface area (Å²) in [5, 5.41) is 0. The molecule has 0 aliphatic heterocycles. The molecule has 3 rings (SSSR count). The first-order valence-corrected chi connectivity index (χ1v) is 6.69. The maximum Gasteiger partial charge on any atom is 0.247 e. The maximum atomic E-state index is 5.72. The lowest BCUT2D eigenvalue weighted by Crippen LogP contribution is -1.96. The van der Waals surface area contributed by atoms with E-state index in [1.807, 2.05) is 31.2 Å². The van der Waals surface area contributed by atoms with Crippen LogP contribution in [-0.2, 0) is 13.0 Å². The molecule has 0 fully saturated rings. The van der Waals surface area contributed by atoms with Crippen molar-refractivity contribution in [2.24, 2.45) is 0 Å². The molecule has 1 aromatic carbocycles. The summed E-state index contributed by atoms with van der Waals surface area (Å²) in [5.41, 5.74) is 3.66. The number of aromatic nitrogens is 2. The van der Waals surface area contributed by atoms with Crippen molar-refractivity contribution in [3.63, 3.8) is 0 Å². The fourth-order valence-electron chi connectivity index (χ4n) is 2.06. The van der Waals surface area contributed by atoms with Gasteiger partial charge in [0.2, 0.25) is 11.6 Å². The van der Waals surface area contributed by atoms with E-state index in [-0.39, 0.29) is 0 Å². The Hall–Kier alpha value is -2.36. The molecule has 4 nitrogen and oxygen atoms in total. The zero-order valence-electron chi connectivity index (χ0n) is 11.6. The van der Waals surface area contributed by atoms with Crippen molar-refractivity contribution in [2.45, 2.75) is 26.9 Å². The fourth-order valence-corrected chi connectivity index (χ4v) is 2.06. The Bertz CT molecular complexity index is 734. The molecule has 0 saturated carbocycles. The van der Waals surface area contributed by atoms with Crippen LogP contribution in [0.15, 0.2) is 40.9 Å². The van der Waals surface area contributed by atoms with Crippen LogP contribution in [0.25, 0.3) is 11.2 Å². The van der Waals surface area contributed by atoms with Crippen molar-refractivity contribution in [1.82, 2.24) is 9.97 Å². The number of benzene rings is 1. The van der Waals surface area contributed by atoms with Crippen LogP contribution >= 0.6 is 0 Å². The van der Waals surface area contributed by atoms with E-state index in [0.717, 1.165) is 23.3 Å². The monoisotopic (exact) mass is 268 g/mol. The van der Waals surface area contributed by atoms with Gasteiger partial charge in [-0.15, -0.1) is 0 Å². The highest BCUT2D eigenvalue weighted by Crippen LogP contribution is 2.19. The molecule has 102 valence electrons. The van der Waals surface area contributed by atoms with Crippen molar-refractivity contribution in [2.75, 3.05) is 0 Å². The molecule has 2 heterocycles. The average molecular weight is 268 g/mol. The van der Waals surface area contributed by atoms with Crippen molar-refractivity contribution in [3.05, 3.63) is 53.5 Å². The third-order valence-corrected chi connectivity index (χ3v) is 3.21. The first-order chi connectivity index (χ1) is 9.76. The Morgan fingerprint density at radius 1 is 1.25 bits per heavy atom. The number of hydrogen-bond acceptors (Lipinski definition) is 4. The Balaban J connectivity index is 1.78. The Morgan fingerprint density at radius 2 is 2.15 bits per heavy atom. The lowest BCUT2D eigenvalue weighted by atomic mass is 10.2. The van der Waals surface area contributed by atoms with E-state index in [2.05, 4.69) is 23.0 Å². The van der Waals surface area contributed by atoms with Gasteiger partial charge >= 0.3 is 0 Å². The molecule has 0 bridgehead atoms. The van der Waals surface area contributed by atoms with Crippen LogP contribution in [-0.4, -0.2) is 9.97 Å². The predicted octanol–water partition coefficient (Wildman–Crippen LogP) is 3.67. The second kappa shape index (κ2) is 5.33. The summed E-state index contributed by atoms with van der Waals surface area (Å²) in [6, 6.07) is 9.96. The molecule has 3 aromatic rings. The highest BCUT2D eigenvalue weighted by atomic mass is 16.5. The summed E-state index contributed by atoms with van der Waals surface area (Å²) < 4.78 is 11.3. The molecule has 4 heteroatoms. The number of hydrogen-bond donors (Lipinski definition) is 0. The molecular formula is C16H16N2O2. The van der Waals surface area contributed by atoms with Gasteiger partial charge in [0.25, 0.3) is 0 Å². The predicted molar refractivity (Wildman–Crippen MR) is 76.7 cm³/mol. The molecule has 0 amide bonds. The molecule has 0 atom stereocenters. The molecule has 0 saturated heterocycles. The normalized spacial score (nSPS) is 10.9. The summed E-state index contributed by atoms with van der Waals surface area (Å²) in [5.74, 6) is 1.37. The van der Waals surface area contributed by atoms with E-state index in [0.29, 0.717) is 18.2 Å². The number of oxazole rings is 1. The third kappa shape index (κ3) is 2.50. The van der Waals surface area contributed by atoms with E-state index in [1.54, 1.807) is 6.20 Å². The van der Waals surface area contributed by atoms with Gasteiger partial charge in [0, 0.05) is 6.20 Å². The largest absolute Gasteiger partial charge is 0.484 e. The zero-order chi connectivity index (χ0) is 13.9. The first kappa shape index (κ1) is 12.7. The molecule has 0 aliphatic rings. The van der Waals surface area contributed by atoms with Crippen LogP contribution < -0.4 is 4.74 Å². The van der Waals surface area contributed by atoms with Crippen LogP contribution in [0.1, 0.15) is 23.9 Å².